The van der Waals surface area contributed by atoms with Gasteiger partial charge in [-0.3, -0.25) is 10.1 Å². The Morgan fingerprint density at radius 3 is 2.56 bits per heavy atom. The van der Waals surface area contributed by atoms with Crippen molar-refractivity contribution >= 4 is 17.3 Å². The van der Waals surface area contributed by atoms with Gasteiger partial charge in [0.1, 0.15) is 0 Å². The molecule has 0 fully saturated rings. The van der Waals surface area contributed by atoms with Crippen LogP contribution in [0.15, 0.2) is 18.2 Å². The van der Waals surface area contributed by atoms with Gasteiger partial charge in [-0.25, -0.2) is 0 Å². The predicted molar refractivity (Wildman–Crippen MR) is 72.2 cm³/mol. The van der Waals surface area contributed by atoms with Crippen LogP contribution in [0.3, 0.4) is 0 Å². The molecule has 0 amide bonds. The Balaban J connectivity index is 2.79. The van der Waals surface area contributed by atoms with Gasteiger partial charge in [0.25, 0.3) is 0 Å². The first-order valence-electron chi connectivity index (χ1n) is 5.79. The summed E-state index contributed by atoms with van der Waals surface area (Å²) >= 11 is 5.66. The molecular formula is C13H18ClNO3. The average Bonchev–Trinajstić information content (AvgIpc) is 2.27. The van der Waals surface area contributed by atoms with Gasteiger partial charge in [-0.2, -0.15) is 0 Å². The number of hydrogen-bond acceptors (Lipinski definition) is 3. The van der Waals surface area contributed by atoms with Gasteiger partial charge in [-0.1, -0.05) is 26.8 Å². The minimum absolute atomic E-state index is 0.0259. The summed E-state index contributed by atoms with van der Waals surface area (Å²) in [5, 5.41) is 10.9. The van der Waals surface area contributed by atoms with E-state index in [2.05, 4.69) is 20.8 Å². The van der Waals surface area contributed by atoms with Crippen molar-refractivity contribution in [2.24, 2.45) is 5.41 Å². The Labute approximate surface area is 112 Å². The molecule has 0 radical (unpaired) electrons. The molecule has 5 heteroatoms. The second kappa shape index (κ2) is 6.05. The number of nitrogens with zero attached hydrogens (tertiary/aromatic N) is 1. The fraction of sp³-hybridized carbons (Fsp3) is 0.538. The molecule has 0 N–H and O–H groups in total. The minimum Gasteiger partial charge on any atom is -0.487 e. The van der Waals surface area contributed by atoms with Gasteiger partial charge in [0.05, 0.1) is 11.5 Å². The quantitative estimate of drug-likeness (QED) is 0.459. The van der Waals surface area contributed by atoms with Crippen LogP contribution in [0.4, 0.5) is 5.69 Å². The first kappa shape index (κ1) is 14.8. The van der Waals surface area contributed by atoms with Crippen molar-refractivity contribution in [2.75, 3.05) is 6.61 Å². The largest absolute Gasteiger partial charge is 0.487 e. The number of alkyl halides is 1. The van der Waals surface area contributed by atoms with Crippen molar-refractivity contribution < 1.29 is 9.66 Å². The molecule has 0 aliphatic rings. The first-order chi connectivity index (χ1) is 8.33. The standard InChI is InChI=1S/C13H18ClNO3/c1-13(2,3)6-7-18-12-5-4-10(9-14)8-11(12)15(16)17/h4-5,8H,6-7,9H2,1-3H3. The molecule has 1 aromatic rings. The van der Waals surface area contributed by atoms with Crippen LogP contribution >= 0.6 is 11.6 Å². The van der Waals surface area contributed by atoms with Crippen LogP contribution in [-0.2, 0) is 5.88 Å². The topological polar surface area (TPSA) is 52.4 Å². The van der Waals surface area contributed by atoms with E-state index < -0.39 is 4.92 Å². The summed E-state index contributed by atoms with van der Waals surface area (Å²) in [6, 6.07) is 4.81. The number of nitro benzene ring substituents is 1. The lowest BCUT2D eigenvalue weighted by Crippen LogP contribution is -2.11. The summed E-state index contributed by atoms with van der Waals surface area (Å²) in [6.07, 6.45) is 0.835. The monoisotopic (exact) mass is 271 g/mol. The highest BCUT2D eigenvalue weighted by atomic mass is 35.5. The smallest absolute Gasteiger partial charge is 0.311 e. The van der Waals surface area contributed by atoms with Crippen molar-refractivity contribution in [2.45, 2.75) is 33.1 Å². The molecule has 100 valence electrons. The third-order valence-electron chi connectivity index (χ3n) is 2.48. The summed E-state index contributed by atoms with van der Waals surface area (Å²) < 4.78 is 5.49. The van der Waals surface area contributed by atoms with E-state index in [1.165, 1.54) is 6.07 Å². The van der Waals surface area contributed by atoms with Crippen LogP contribution in [0.25, 0.3) is 0 Å². The second-order valence-electron chi connectivity index (χ2n) is 5.35. The summed E-state index contributed by atoms with van der Waals surface area (Å²) in [5.41, 5.74) is 0.832. The molecule has 0 aliphatic heterocycles. The molecule has 0 saturated heterocycles. The molecule has 0 unspecified atom stereocenters. The fourth-order valence-electron chi connectivity index (χ4n) is 1.38. The lowest BCUT2D eigenvalue weighted by atomic mass is 9.93. The van der Waals surface area contributed by atoms with Crippen molar-refractivity contribution in [3.8, 4) is 5.75 Å². The molecule has 0 atom stereocenters. The maximum Gasteiger partial charge on any atom is 0.311 e. The third kappa shape index (κ3) is 4.53. The van der Waals surface area contributed by atoms with Crippen molar-refractivity contribution in [3.05, 3.63) is 33.9 Å². The molecular weight excluding hydrogens is 254 g/mol. The van der Waals surface area contributed by atoms with E-state index in [-0.39, 0.29) is 17.0 Å². The number of rotatable bonds is 5. The molecule has 18 heavy (non-hydrogen) atoms. The highest BCUT2D eigenvalue weighted by Crippen LogP contribution is 2.29. The number of hydrogen-bond donors (Lipinski definition) is 0. The van der Waals surface area contributed by atoms with Crippen molar-refractivity contribution in [3.63, 3.8) is 0 Å². The SMILES string of the molecule is CC(C)(C)CCOc1ccc(CCl)cc1[N+](=O)[O-]. The van der Waals surface area contributed by atoms with E-state index >= 15 is 0 Å². The van der Waals surface area contributed by atoms with Crippen LogP contribution in [0.5, 0.6) is 5.75 Å². The minimum atomic E-state index is -0.442. The Hall–Kier alpha value is -1.29. The normalized spacial score (nSPS) is 11.3. The van der Waals surface area contributed by atoms with E-state index in [1.54, 1.807) is 12.1 Å². The number of benzene rings is 1. The summed E-state index contributed by atoms with van der Waals surface area (Å²) in [5.74, 6) is 0.557. The average molecular weight is 272 g/mol. The molecule has 0 aliphatic carbocycles. The van der Waals surface area contributed by atoms with Gasteiger partial charge in [-0.15, -0.1) is 11.6 Å². The van der Waals surface area contributed by atoms with Gasteiger partial charge in [0.15, 0.2) is 5.75 Å². The highest BCUT2D eigenvalue weighted by Gasteiger charge is 2.17. The summed E-state index contributed by atoms with van der Waals surface area (Å²) in [6.45, 7) is 6.76. The van der Waals surface area contributed by atoms with Gasteiger partial charge < -0.3 is 4.74 Å². The number of ether oxygens (including phenoxy) is 1. The molecule has 0 saturated carbocycles. The fourth-order valence-corrected chi connectivity index (χ4v) is 1.54. The second-order valence-corrected chi connectivity index (χ2v) is 5.62. The summed E-state index contributed by atoms with van der Waals surface area (Å²) in [7, 11) is 0. The Bertz CT molecular complexity index is 427. The molecule has 1 aromatic carbocycles. The van der Waals surface area contributed by atoms with Gasteiger partial charge >= 0.3 is 5.69 Å². The molecule has 0 aromatic heterocycles. The number of halogens is 1. The molecule has 0 bridgehead atoms. The zero-order valence-electron chi connectivity index (χ0n) is 10.9. The van der Waals surface area contributed by atoms with Crippen molar-refractivity contribution in [1.29, 1.82) is 0 Å². The molecule has 0 heterocycles. The van der Waals surface area contributed by atoms with Crippen LogP contribution in [0, 0.1) is 15.5 Å². The van der Waals surface area contributed by atoms with E-state index in [9.17, 15) is 10.1 Å². The van der Waals surface area contributed by atoms with E-state index in [4.69, 9.17) is 16.3 Å². The van der Waals surface area contributed by atoms with E-state index in [0.717, 1.165) is 6.42 Å². The zero-order valence-corrected chi connectivity index (χ0v) is 11.7. The highest BCUT2D eigenvalue weighted by molar-refractivity contribution is 6.17. The zero-order chi connectivity index (χ0) is 13.8. The van der Waals surface area contributed by atoms with Crippen molar-refractivity contribution in [1.82, 2.24) is 0 Å². The maximum atomic E-state index is 10.9. The number of nitro groups is 1. The lowest BCUT2D eigenvalue weighted by molar-refractivity contribution is -0.385. The van der Waals surface area contributed by atoms with E-state index in [1.807, 2.05) is 0 Å². The van der Waals surface area contributed by atoms with Gasteiger partial charge in [0, 0.05) is 11.9 Å². The molecule has 1 rings (SSSR count). The van der Waals surface area contributed by atoms with E-state index in [0.29, 0.717) is 17.9 Å². The van der Waals surface area contributed by atoms with Crippen LogP contribution in [0.1, 0.15) is 32.8 Å². The van der Waals surface area contributed by atoms with Gasteiger partial charge in [0.2, 0.25) is 0 Å². The predicted octanol–water partition coefficient (Wildman–Crippen LogP) is 4.15. The summed E-state index contributed by atoms with van der Waals surface area (Å²) in [4.78, 5) is 10.5. The molecule has 4 nitrogen and oxygen atoms in total. The Morgan fingerprint density at radius 1 is 1.39 bits per heavy atom. The van der Waals surface area contributed by atoms with Crippen LogP contribution in [-0.4, -0.2) is 11.5 Å². The first-order valence-corrected chi connectivity index (χ1v) is 6.33. The Morgan fingerprint density at radius 2 is 2.06 bits per heavy atom. The lowest BCUT2D eigenvalue weighted by Gasteiger charge is -2.18. The van der Waals surface area contributed by atoms with Crippen LogP contribution in [0.2, 0.25) is 0 Å². The third-order valence-corrected chi connectivity index (χ3v) is 2.79. The maximum absolute atomic E-state index is 10.9. The molecule has 0 spiro atoms. The van der Waals surface area contributed by atoms with Gasteiger partial charge in [-0.05, 0) is 23.5 Å². The van der Waals surface area contributed by atoms with Crippen LogP contribution < -0.4 is 4.74 Å². The Kier molecular flexibility index (Phi) is 4.96.